The molecule has 1 fully saturated rings. The Morgan fingerprint density at radius 3 is 2.24 bits per heavy atom. The molecule has 0 saturated heterocycles. The highest BCUT2D eigenvalue weighted by atomic mass is 16.7. The minimum Gasteiger partial charge on any atom is -0.438 e. The molecule has 0 radical (unpaired) electrons. The lowest BCUT2D eigenvalue weighted by Gasteiger charge is -2.41. The zero-order valence-electron chi connectivity index (χ0n) is 11.4. The van der Waals surface area contributed by atoms with Crippen molar-refractivity contribution in [3.05, 3.63) is 0 Å². The third-order valence-corrected chi connectivity index (χ3v) is 3.61. The first kappa shape index (κ1) is 14.3. The summed E-state index contributed by atoms with van der Waals surface area (Å²) in [6.07, 6.45) is 1.38. The monoisotopic (exact) mass is 244 g/mol. The van der Waals surface area contributed by atoms with Gasteiger partial charge in [0.05, 0.1) is 13.2 Å². The molecule has 0 heterocycles. The average Bonchev–Trinajstić information content (AvgIpc) is 2.27. The van der Waals surface area contributed by atoms with Crippen molar-refractivity contribution in [1.29, 1.82) is 0 Å². The molecule has 1 aliphatic rings. The standard InChI is InChI=1S/C13H24O4/c1-8(2)12-10(15-4)6-9(3)7-11(12)17-13(14)16-5/h8-12H,6-7H2,1-5H3/t9-,10+,11-,12-/m1/s1. The van der Waals surface area contributed by atoms with Gasteiger partial charge < -0.3 is 14.2 Å². The van der Waals surface area contributed by atoms with Crippen LogP contribution in [-0.2, 0) is 14.2 Å². The van der Waals surface area contributed by atoms with Gasteiger partial charge in [0.25, 0.3) is 0 Å². The van der Waals surface area contributed by atoms with Gasteiger partial charge in [-0.1, -0.05) is 20.8 Å². The molecule has 4 heteroatoms. The lowest BCUT2D eigenvalue weighted by Crippen LogP contribution is -2.45. The van der Waals surface area contributed by atoms with E-state index >= 15 is 0 Å². The van der Waals surface area contributed by atoms with Crippen LogP contribution >= 0.6 is 0 Å². The lowest BCUT2D eigenvalue weighted by molar-refractivity contribution is -0.0935. The summed E-state index contributed by atoms with van der Waals surface area (Å²) in [5.74, 6) is 1.17. The molecule has 1 saturated carbocycles. The van der Waals surface area contributed by atoms with Crippen LogP contribution in [0.1, 0.15) is 33.6 Å². The van der Waals surface area contributed by atoms with Gasteiger partial charge in [0, 0.05) is 13.0 Å². The van der Waals surface area contributed by atoms with Gasteiger partial charge >= 0.3 is 6.16 Å². The first-order valence-corrected chi connectivity index (χ1v) is 6.27. The van der Waals surface area contributed by atoms with Crippen LogP contribution in [0.2, 0.25) is 0 Å². The zero-order chi connectivity index (χ0) is 13.0. The molecule has 0 bridgehead atoms. The average molecular weight is 244 g/mol. The molecular formula is C13H24O4. The summed E-state index contributed by atoms with van der Waals surface area (Å²) in [5.41, 5.74) is 0. The predicted octanol–water partition coefficient (Wildman–Crippen LogP) is 2.86. The second kappa shape index (κ2) is 6.24. The van der Waals surface area contributed by atoms with Crippen molar-refractivity contribution in [2.45, 2.75) is 45.8 Å². The van der Waals surface area contributed by atoms with E-state index in [1.165, 1.54) is 7.11 Å². The first-order valence-electron chi connectivity index (χ1n) is 6.27. The maximum absolute atomic E-state index is 11.3. The highest BCUT2D eigenvalue weighted by molar-refractivity contribution is 5.59. The van der Waals surface area contributed by atoms with E-state index in [0.717, 1.165) is 12.8 Å². The van der Waals surface area contributed by atoms with Crippen LogP contribution in [0.3, 0.4) is 0 Å². The topological polar surface area (TPSA) is 44.8 Å². The molecule has 17 heavy (non-hydrogen) atoms. The Balaban J connectivity index is 2.77. The molecule has 4 atom stereocenters. The normalized spacial score (nSPS) is 33.5. The van der Waals surface area contributed by atoms with Gasteiger partial charge in [-0.2, -0.15) is 0 Å². The smallest absolute Gasteiger partial charge is 0.438 e. The van der Waals surface area contributed by atoms with E-state index in [2.05, 4.69) is 25.5 Å². The SMILES string of the molecule is COC(=O)O[C@@H]1C[C@H](C)C[C@H](OC)[C@H]1C(C)C. The van der Waals surface area contributed by atoms with Crippen LogP contribution < -0.4 is 0 Å². The van der Waals surface area contributed by atoms with E-state index in [0.29, 0.717) is 11.8 Å². The molecular weight excluding hydrogens is 220 g/mol. The van der Waals surface area contributed by atoms with E-state index in [4.69, 9.17) is 9.47 Å². The lowest BCUT2D eigenvalue weighted by atomic mass is 9.73. The number of ether oxygens (including phenoxy) is 3. The molecule has 0 aromatic rings. The minimum atomic E-state index is -0.593. The number of carbonyl (C=O) groups is 1. The van der Waals surface area contributed by atoms with Crippen LogP contribution in [0.15, 0.2) is 0 Å². The fourth-order valence-corrected chi connectivity index (χ4v) is 2.85. The molecule has 4 nitrogen and oxygen atoms in total. The molecule has 0 unspecified atom stereocenters. The third-order valence-electron chi connectivity index (χ3n) is 3.61. The van der Waals surface area contributed by atoms with Crippen molar-refractivity contribution >= 4 is 6.16 Å². The Bertz CT molecular complexity index is 252. The number of rotatable bonds is 3. The van der Waals surface area contributed by atoms with Crippen molar-refractivity contribution in [3.8, 4) is 0 Å². The van der Waals surface area contributed by atoms with E-state index in [9.17, 15) is 4.79 Å². The van der Waals surface area contributed by atoms with Crippen molar-refractivity contribution in [2.75, 3.05) is 14.2 Å². The molecule has 0 spiro atoms. The third kappa shape index (κ3) is 3.60. The van der Waals surface area contributed by atoms with Gasteiger partial charge in [-0.15, -0.1) is 0 Å². The van der Waals surface area contributed by atoms with Crippen LogP contribution in [-0.4, -0.2) is 32.6 Å². The molecule has 0 aromatic carbocycles. The van der Waals surface area contributed by atoms with Gasteiger partial charge in [0.2, 0.25) is 0 Å². The largest absolute Gasteiger partial charge is 0.508 e. The van der Waals surface area contributed by atoms with E-state index in [1.54, 1.807) is 7.11 Å². The van der Waals surface area contributed by atoms with Crippen LogP contribution in [0.25, 0.3) is 0 Å². The van der Waals surface area contributed by atoms with Crippen LogP contribution in [0, 0.1) is 17.8 Å². The Labute approximate surface area is 104 Å². The molecule has 0 aliphatic heterocycles. The van der Waals surface area contributed by atoms with Gasteiger partial charge in [-0.25, -0.2) is 4.79 Å². The molecule has 0 N–H and O–H groups in total. The summed E-state index contributed by atoms with van der Waals surface area (Å²) >= 11 is 0. The minimum absolute atomic E-state index is 0.101. The maximum atomic E-state index is 11.3. The highest BCUT2D eigenvalue weighted by Gasteiger charge is 2.40. The van der Waals surface area contributed by atoms with Gasteiger partial charge in [0.1, 0.15) is 6.10 Å². The molecule has 0 amide bonds. The van der Waals surface area contributed by atoms with Gasteiger partial charge in [0.15, 0.2) is 0 Å². The quantitative estimate of drug-likeness (QED) is 0.716. The summed E-state index contributed by atoms with van der Waals surface area (Å²) in [7, 11) is 3.07. The Morgan fingerprint density at radius 2 is 1.76 bits per heavy atom. The fraction of sp³-hybridized carbons (Fsp3) is 0.923. The van der Waals surface area contributed by atoms with Crippen LogP contribution in [0.4, 0.5) is 4.79 Å². The van der Waals surface area contributed by atoms with Crippen molar-refractivity contribution < 1.29 is 19.0 Å². The second-order valence-corrected chi connectivity index (χ2v) is 5.28. The maximum Gasteiger partial charge on any atom is 0.508 e. The van der Waals surface area contributed by atoms with Crippen LogP contribution in [0.5, 0.6) is 0 Å². The van der Waals surface area contributed by atoms with Gasteiger partial charge in [-0.3, -0.25) is 0 Å². The fourth-order valence-electron chi connectivity index (χ4n) is 2.85. The molecule has 0 aromatic heterocycles. The van der Waals surface area contributed by atoms with Crippen molar-refractivity contribution in [1.82, 2.24) is 0 Å². The molecule has 100 valence electrons. The molecule has 1 rings (SSSR count). The van der Waals surface area contributed by atoms with Crippen molar-refractivity contribution in [2.24, 2.45) is 17.8 Å². The zero-order valence-corrected chi connectivity index (χ0v) is 11.4. The summed E-state index contributed by atoms with van der Waals surface area (Å²) in [6.45, 7) is 6.44. The summed E-state index contributed by atoms with van der Waals surface area (Å²) in [6, 6.07) is 0. The number of methoxy groups -OCH3 is 2. The molecule has 1 aliphatic carbocycles. The number of hydrogen-bond donors (Lipinski definition) is 0. The van der Waals surface area contributed by atoms with E-state index < -0.39 is 6.16 Å². The predicted molar refractivity (Wildman–Crippen MR) is 64.8 cm³/mol. The van der Waals surface area contributed by atoms with Gasteiger partial charge in [-0.05, 0) is 24.7 Å². The summed E-state index contributed by atoms with van der Waals surface area (Å²) in [5, 5.41) is 0. The Morgan fingerprint density at radius 1 is 1.18 bits per heavy atom. The summed E-state index contributed by atoms with van der Waals surface area (Å²) in [4.78, 5) is 11.3. The number of carbonyl (C=O) groups excluding carboxylic acids is 1. The Kier molecular flexibility index (Phi) is 5.25. The van der Waals surface area contributed by atoms with E-state index in [1.807, 2.05) is 0 Å². The Hall–Kier alpha value is -0.770. The second-order valence-electron chi connectivity index (χ2n) is 5.28. The van der Waals surface area contributed by atoms with E-state index in [-0.39, 0.29) is 18.1 Å². The summed E-state index contributed by atoms with van der Waals surface area (Å²) < 4.78 is 15.5. The van der Waals surface area contributed by atoms with Crippen molar-refractivity contribution in [3.63, 3.8) is 0 Å². The number of hydrogen-bond acceptors (Lipinski definition) is 4. The first-order chi connectivity index (χ1) is 7.99. The highest BCUT2D eigenvalue weighted by Crippen LogP contribution is 2.37.